The van der Waals surface area contributed by atoms with Crippen LogP contribution in [0.2, 0.25) is 6.04 Å². The van der Waals surface area contributed by atoms with Crippen LogP contribution in [0.5, 0.6) is 0 Å². The second-order valence-corrected chi connectivity index (χ2v) is 9.09. The lowest BCUT2D eigenvalue weighted by atomic mass is 9.92. The van der Waals surface area contributed by atoms with Crippen LogP contribution < -0.4 is 0 Å². The van der Waals surface area contributed by atoms with E-state index in [4.69, 9.17) is 18.3 Å². The van der Waals surface area contributed by atoms with E-state index in [9.17, 15) is 4.79 Å². The summed E-state index contributed by atoms with van der Waals surface area (Å²) in [6.45, 7) is 7.57. The molecule has 0 N–H and O–H groups in total. The van der Waals surface area contributed by atoms with Gasteiger partial charge in [-0.2, -0.15) is 0 Å². The van der Waals surface area contributed by atoms with Gasteiger partial charge in [0.05, 0.1) is 0 Å². The van der Waals surface area contributed by atoms with E-state index >= 15 is 0 Å². The molecule has 122 valence electrons. The summed E-state index contributed by atoms with van der Waals surface area (Å²) in [5, 5.41) is -0.706. The van der Waals surface area contributed by atoms with E-state index in [1.54, 1.807) is 21.3 Å². The van der Waals surface area contributed by atoms with Gasteiger partial charge in [-0.1, -0.05) is 26.8 Å². The summed E-state index contributed by atoms with van der Waals surface area (Å²) in [6.07, 6.45) is 3.44. The number of rotatable bonds is 7. The Morgan fingerprint density at radius 1 is 1.43 bits per heavy atom. The summed E-state index contributed by atoms with van der Waals surface area (Å²) in [5.41, 5.74) is 0. The summed E-state index contributed by atoms with van der Waals surface area (Å²) in [6, 6.07) is 0.834. The van der Waals surface area contributed by atoms with Crippen LogP contribution in [-0.2, 0) is 23.1 Å². The molecule has 5 nitrogen and oxygen atoms in total. The molecule has 1 rings (SSSR count). The van der Waals surface area contributed by atoms with Crippen LogP contribution in [0.25, 0.3) is 0 Å². The Hall–Kier alpha value is -0.693. The zero-order valence-corrected chi connectivity index (χ0v) is 14.8. The highest BCUT2D eigenvalue weighted by Crippen LogP contribution is 2.47. The first-order valence-corrected chi connectivity index (χ1v) is 9.48. The Morgan fingerprint density at radius 3 is 2.48 bits per heavy atom. The number of hydrogen-bond acceptors (Lipinski definition) is 5. The van der Waals surface area contributed by atoms with Crippen molar-refractivity contribution >= 4 is 14.5 Å². The van der Waals surface area contributed by atoms with Crippen molar-refractivity contribution in [3.63, 3.8) is 0 Å². The molecule has 0 aromatic rings. The maximum atomic E-state index is 11.7. The standard InChI is InChI=1S/C15H28O5Si/c1-7-13(20-14(16)8-2)15(17-4)12(3)10-9-11-21(15,18-5)19-6/h8,12-13H,2,7,9-11H2,1,3-6H3. The van der Waals surface area contributed by atoms with Gasteiger partial charge in [-0.25, -0.2) is 4.79 Å². The minimum Gasteiger partial charge on any atom is -0.456 e. The summed E-state index contributed by atoms with van der Waals surface area (Å²) in [5.74, 6) is -0.253. The van der Waals surface area contributed by atoms with Gasteiger partial charge in [0.25, 0.3) is 0 Å². The maximum Gasteiger partial charge on any atom is 0.374 e. The summed E-state index contributed by atoms with van der Waals surface area (Å²) >= 11 is 0. The number of carbonyl (C=O) groups excluding carboxylic acids is 1. The molecule has 0 radical (unpaired) electrons. The topological polar surface area (TPSA) is 54.0 Å². The minimum atomic E-state index is -2.67. The van der Waals surface area contributed by atoms with Crippen LogP contribution >= 0.6 is 0 Å². The van der Waals surface area contributed by atoms with Gasteiger partial charge >= 0.3 is 14.5 Å². The number of esters is 1. The first-order valence-electron chi connectivity index (χ1n) is 7.46. The molecule has 0 bridgehead atoms. The first-order chi connectivity index (χ1) is 9.97. The second-order valence-electron chi connectivity index (χ2n) is 5.49. The third kappa shape index (κ3) is 2.95. The molecule has 0 saturated carbocycles. The van der Waals surface area contributed by atoms with E-state index < -0.39 is 25.9 Å². The normalized spacial score (nSPS) is 29.7. The van der Waals surface area contributed by atoms with Crippen LogP contribution in [0.15, 0.2) is 12.7 Å². The van der Waals surface area contributed by atoms with Gasteiger partial charge < -0.3 is 18.3 Å². The Bertz CT molecular complexity index is 369. The molecule has 1 saturated heterocycles. The van der Waals surface area contributed by atoms with Crippen molar-refractivity contribution in [3.05, 3.63) is 12.7 Å². The average molecular weight is 316 g/mol. The van der Waals surface area contributed by atoms with E-state index in [2.05, 4.69) is 13.5 Å². The Labute approximate surface area is 128 Å². The molecule has 1 aliphatic heterocycles. The van der Waals surface area contributed by atoms with Crippen LogP contribution in [0, 0.1) is 5.92 Å². The Morgan fingerprint density at radius 2 is 2.05 bits per heavy atom. The molecule has 3 atom stereocenters. The molecule has 0 aliphatic carbocycles. The monoisotopic (exact) mass is 316 g/mol. The van der Waals surface area contributed by atoms with Crippen LogP contribution in [0.1, 0.15) is 33.1 Å². The molecule has 0 aromatic heterocycles. The second kappa shape index (κ2) is 7.53. The molecule has 3 unspecified atom stereocenters. The molecule has 6 heteroatoms. The predicted octanol–water partition coefficient (Wildman–Crippen LogP) is 2.58. The van der Waals surface area contributed by atoms with Crippen molar-refractivity contribution in [2.75, 3.05) is 21.3 Å². The maximum absolute atomic E-state index is 11.7. The van der Waals surface area contributed by atoms with Crippen LogP contribution in [0.4, 0.5) is 0 Å². The molecule has 0 amide bonds. The van der Waals surface area contributed by atoms with Crippen molar-refractivity contribution in [1.82, 2.24) is 0 Å². The lowest BCUT2D eigenvalue weighted by Gasteiger charge is -2.54. The van der Waals surface area contributed by atoms with E-state index in [1.807, 2.05) is 6.92 Å². The number of ether oxygens (including phenoxy) is 2. The zero-order chi connectivity index (χ0) is 16.1. The molecule has 1 aliphatic rings. The zero-order valence-electron chi connectivity index (χ0n) is 13.8. The van der Waals surface area contributed by atoms with Gasteiger partial charge in [-0.3, -0.25) is 0 Å². The quantitative estimate of drug-likeness (QED) is 0.410. The van der Waals surface area contributed by atoms with Crippen molar-refractivity contribution < 1.29 is 23.1 Å². The molecule has 0 spiro atoms. The third-order valence-electron chi connectivity index (χ3n) is 4.74. The number of hydrogen-bond donors (Lipinski definition) is 0. The molecule has 1 fully saturated rings. The summed E-state index contributed by atoms with van der Waals surface area (Å²) in [7, 11) is 2.33. The van der Waals surface area contributed by atoms with Gasteiger partial charge in [0.15, 0.2) is 5.22 Å². The van der Waals surface area contributed by atoms with E-state index in [0.29, 0.717) is 6.42 Å². The van der Waals surface area contributed by atoms with Crippen molar-refractivity contribution in [3.8, 4) is 0 Å². The Balaban J connectivity index is 3.32. The van der Waals surface area contributed by atoms with Gasteiger partial charge in [-0.15, -0.1) is 0 Å². The van der Waals surface area contributed by atoms with E-state index in [1.165, 1.54) is 6.08 Å². The van der Waals surface area contributed by atoms with Gasteiger partial charge in [0.2, 0.25) is 0 Å². The smallest absolute Gasteiger partial charge is 0.374 e. The fourth-order valence-electron chi connectivity index (χ4n) is 3.75. The van der Waals surface area contributed by atoms with Crippen molar-refractivity contribution in [2.45, 2.75) is 50.5 Å². The van der Waals surface area contributed by atoms with Crippen LogP contribution in [-0.4, -0.2) is 47.2 Å². The van der Waals surface area contributed by atoms with Gasteiger partial charge in [0.1, 0.15) is 6.10 Å². The SMILES string of the molecule is C=CC(=O)OC(CC)C1(OC)C(C)CCC[Si]1(OC)OC. The highest BCUT2D eigenvalue weighted by Gasteiger charge is 2.66. The molecular weight excluding hydrogens is 288 g/mol. The largest absolute Gasteiger partial charge is 0.456 e. The van der Waals surface area contributed by atoms with Crippen molar-refractivity contribution in [2.24, 2.45) is 5.92 Å². The fourth-order valence-corrected chi connectivity index (χ4v) is 7.98. The third-order valence-corrected chi connectivity index (χ3v) is 9.28. The first kappa shape index (κ1) is 18.4. The lowest BCUT2D eigenvalue weighted by molar-refractivity contribution is -0.167. The number of carbonyl (C=O) groups is 1. The average Bonchev–Trinajstić information content (AvgIpc) is 2.52. The molecule has 0 aromatic carbocycles. The highest BCUT2D eigenvalue weighted by atomic mass is 28.4. The number of methoxy groups -OCH3 is 1. The highest BCUT2D eigenvalue weighted by molar-refractivity contribution is 6.71. The summed E-state index contributed by atoms with van der Waals surface area (Å²) < 4.78 is 23.3. The fraction of sp³-hybridized carbons (Fsp3) is 0.800. The van der Waals surface area contributed by atoms with Crippen LogP contribution in [0.3, 0.4) is 0 Å². The minimum absolute atomic E-state index is 0.186. The van der Waals surface area contributed by atoms with E-state index in [0.717, 1.165) is 18.9 Å². The predicted molar refractivity (Wildman–Crippen MR) is 83.1 cm³/mol. The Kier molecular flexibility index (Phi) is 6.59. The van der Waals surface area contributed by atoms with E-state index in [-0.39, 0.29) is 5.92 Å². The lowest BCUT2D eigenvalue weighted by Crippen LogP contribution is -2.73. The van der Waals surface area contributed by atoms with Crippen molar-refractivity contribution in [1.29, 1.82) is 0 Å². The van der Waals surface area contributed by atoms with Gasteiger partial charge in [-0.05, 0) is 24.8 Å². The molecular formula is C15H28O5Si. The molecule has 21 heavy (non-hydrogen) atoms. The summed E-state index contributed by atoms with van der Waals surface area (Å²) in [4.78, 5) is 11.7. The molecule has 1 heterocycles. The van der Waals surface area contributed by atoms with Gasteiger partial charge in [0, 0.05) is 27.4 Å².